The van der Waals surface area contributed by atoms with Crippen molar-refractivity contribution < 1.29 is 9.59 Å². The van der Waals surface area contributed by atoms with Gasteiger partial charge in [-0.2, -0.15) is 0 Å². The van der Waals surface area contributed by atoms with Gasteiger partial charge in [0.2, 0.25) is 5.91 Å². The van der Waals surface area contributed by atoms with Gasteiger partial charge in [0.25, 0.3) is 0 Å². The third-order valence-electron chi connectivity index (χ3n) is 4.52. The second-order valence-electron chi connectivity index (χ2n) is 6.67. The van der Waals surface area contributed by atoms with Gasteiger partial charge in [0.05, 0.1) is 0 Å². The van der Waals surface area contributed by atoms with Crippen LogP contribution in [0.25, 0.3) is 0 Å². The Hall–Kier alpha value is -3.40. The summed E-state index contributed by atoms with van der Waals surface area (Å²) in [6.45, 7) is 2.88. The Morgan fingerprint density at radius 1 is 0.821 bits per heavy atom. The molecular formula is C24H24N2O2. The molecule has 0 heterocycles. The molecule has 28 heavy (non-hydrogen) atoms. The number of amides is 1. The van der Waals surface area contributed by atoms with Crippen LogP contribution in [0.2, 0.25) is 0 Å². The van der Waals surface area contributed by atoms with Gasteiger partial charge in [-0.05, 0) is 48.9 Å². The summed E-state index contributed by atoms with van der Waals surface area (Å²) in [6, 6.07) is 27.3. The van der Waals surface area contributed by atoms with Crippen LogP contribution in [-0.4, -0.2) is 18.2 Å². The first kappa shape index (κ1) is 19.4. The van der Waals surface area contributed by atoms with Gasteiger partial charge in [0.15, 0.2) is 5.78 Å². The highest BCUT2D eigenvalue weighted by atomic mass is 16.1. The molecule has 0 bridgehead atoms. The molecule has 0 aromatic heterocycles. The lowest BCUT2D eigenvalue weighted by Crippen LogP contribution is -2.27. The van der Waals surface area contributed by atoms with Gasteiger partial charge < -0.3 is 10.2 Å². The number of anilines is 2. The Labute approximate surface area is 165 Å². The first-order valence-electron chi connectivity index (χ1n) is 9.36. The summed E-state index contributed by atoms with van der Waals surface area (Å²) in [5.41, 5.74) is 3.62. The summed E-state index contributed by atoms with van der Waals surface area (Å²) >= 11 is 0. The molecule has 0 radical (unpaired) electrons. The van der Waals surface area contributed by atoms with Crippen LogP contribution >= 0.6 is 0 Å². The molecule has 3 aromatic rings. The predicted molar refractivity (Wildman–Crippen MR) is 114 cm³/mol. The van der Waals surface area contributed by atoms with E-state index in [4.69, 9.17) is 0 Å². The summed E-state index contributed by atoms with van der Waals surface area (Å²) < 4.78 is 0. The Bertz CT molecular complexity index is 906. The van der Waals surface area contributed by atoms with Gasteiger partial charge in [0, 0.05) is 36.4 Å². The third-order valence-corrected chi connectivity index (χ3v) is 4.52. The van der Waals surface area contributed by atoms with E-state index in [1.165, 1.54) is 12.5 Å². The van der Waals surface area contributed by atoms with Crippen LogP contribution in [0.15, 0.2) is 84.9 Å². The molecule has 0 aliphatic carbocycles. The minimum atomic E-state index is -0.0513. The normalized spacial score (nSPS) is 10.3. The monoisotopic (exact) mass is 372 g/mol. The number of hydrogen-bond acceptors (Lipinski definition) is 3. The quantitative estimate of drug-likeness (QED) is 0.571. The molecule has 4 nitrogen and oxygen atoms in total. The third kappa shape index (κ3) is 5.55. The van der Waals surface area contributed by atoms with Crippen molar-refractivity contribution in [1.82, 2.24) is 0 Å². The predicted octanol–water partition coefficient (Wildman–Crippen LogP) is 4.92. The average Bonchev–Trinajstić information content (AvgIpc) is 2.73. The zero-order chi connectivity index (χ0) is 19.8. The number of carbonyl (C=O) groups is 2. The second-order valence-corrected chi connectivity index (χ2v) is 6.67. The maximum absolute atomic E-state index is 12.4. The maximum Gasteiger partial charge on any atom is 0.226 e. The molecule has 142 valence electrons. The first-order valence-corrected chi connectivity index (χ1v) is 9.36. The molecule has 3 rings (SSSR count). The minimum Gasteiger partial charge on any atom is -0.367 e. The van der Waals surface area contributed by atoms with E-state index in [2.05, 4.69) is 34.5 Å². The van der Waals surface area contributed by atoms with Gasteiger partial charge in [-0.25, -0.2) is 0 Å². The van der Waals surface area contributed by atoms with Crippen LogP contribution in [0.3, 0.4) is 0 Å². The van der Waals surface area contributed by atoms with Crippen molar-refractivity contribution in [3.05, 3.63) is 96.1 Å². The number of ketones is 1. The Balaban J connectivity index is 1.62. The van der Waals surface area contributed by atoms with Crippen molar-refractivity contribution in [3.63, 3.8) is 0 Å². The van der Waals surface area contributed by atoms with Crippen LogP contribution in [0.4, 0.5) is 11.4 Å². The molecule has 0 saturated carbocycles. The van der Waals surface area contributed by atoms with E-state index in [1.807, 2.05) is 36.4 Å². The second kappa shape index (κ2) is 9.51. The van der Waals surface area contributed by atoms with Gasteiger partial charge in [0.1, 0.15) is 0 Å². The summed E-state index contributed by atoms with van der Waals surface area (Å²) in [6.07, 6.45) is 0.371. The summed E-state index contributed by atoms with van der Waals surface area (Å²) in [4.78, 5) is 26.0. The van der Waals surface area contributed by atoms with Crippen LogP contribution in [0.1, 0.15) is 29.3 Å². The minimum absolute atomic E-state index is 0.0114. The summed E-state index contributed by atoms with van der Waals surface area (Å²) in [7, 11) is 0. The van der Waals surface area contributed by atoms with E-state index < -0.39 is 0 Å². The number of carbonyl (C=O) groups excluding carboxylic acids is 2. The molecule has 0 spiro atoms. The van der Waals surface area contributed by atoms with Crippen molar-refractivity contribution in [3.8, 4) is 0 Å². The average molecular weight is 372 g/mol. The number of para-hydroxylation sites is 1. The Morgan fingerprint density at radius 3 is 2.04 bits per heavy atom. The molecule has 1 N–H and O–H groups in total. The molecule has 0 atom stereocenters. The lowest BCUT2D eigenvalue weighted by atomic mass is 10.1. The molecule has 0 fully saturated rings. The van der Waals surface area contributed by atoms with E-state index in [9.17, 15) is 9.59 Å². The molecule has 0 saturated heterocycles. The molecule has 1 amide bonds. The van der Waals surface area contributed by atoms with Gasteiger partial charge in [-0.15, -0.1) is 0 Å². The lowest BCUT2D eigenvalue weighted by molar-refractivity contribution is -0.116. The Kier molecular flexibility index (Phi) is 6.58. The van der Waals surface area contributed by atoms with Crippen molar-refractivity contribution in [1.29, 1.82) is 0 Å². The maximum atomic E-state index is 12.4. The number of Topliss-reactive ketones (excluding diaryl/α,β-unsaturated/α-hetero) is 1. The Morgan fingerprint density at radius 2 is 1.43 bits per heavy atom. The van der Waals surface area contributed by atoms with E-state index in [-0.39, 0.29) is 11.7 Å². The van der Waals surface area contributed by atoms with E-state index in [0.29, 0.717) is 24.2 Å². The van der Waals surface area contributed by atoms with E-state index in [1.54, 1.807) is 24.3 Å². The number of nitrogens with one attached hydrogen (secondary N) is 1. The molecule has 0 aliphatic rings. The highest BCUT2D eigenvalue weighted by Gasteiger charge is 2.11. The van der Waals surface area contributed by atoms with Gasteiger partial charge in [-0.3, -0.25) is 9.59 Å². The van der Waals surface area contributed by atoms with Crippen molar-refractivity contribution >= 4 is 23.1 Å². The van der Waals surface area contributed by atoms with Crippen LogP contribution in [0, 0.1) is 0 Å². The first-order chi connectivity index (χ1) is 13.6. The van der Waals surface area contributed by atoms with Crippen LogP contribution in [0.5, 0.6) is 0 Å². The molecule has 3 aromatic carbocycles. The standard InChI is InChI=1S/C24H24N2O2/c1-19(27)21-12-14-22(15-13-21)25-24(28)16-17-26(23-10-6-3-7-11-23)18-20-8-4-2-5-9-20/h2-15H,16-18H2,1H3,(H,25,28). The number of rotatable bonds is 8. The molecule has 0 aliphatic heterocycles. The lowest BCUT2D eigenvalue weighted by Gasteiger charge is -2.25. The number of benzene rings is 3. The van der Waals surface area contributed by atoms with E-state index >= 15 is 0 Å². The van der Waals surface area contributed by atoms with Crippen LogP contribution in [-0.2, 0) is 11.3 Å². The fourth-order valence-corrected chi connectivity index (χ4v) is 2.99. The molecule has 4 heteroatoms. The largest absolute Gasteiger partial charge is 0.367 e. The topological polar surface area (TPSA) is 49.4 Å². The summed E-state index contributed by atoms with van der Waals surface area (Å²) in [5.74, 6) is -0.0399. The number of hydrogen-bond donors (Lipinski definition) is 1. The van der Waals surface area contributed by atoms with Crippen LogP contribution < -0.4 is 10.2 Å². The van der Waals surface area contributed by atoms with Crippen molar-refractivity contribution in [2.24, 2.45) is 0 Å². The fraction of sp³-hybridized carbons (Fsp3) is 0.167. The fourth-order valence-electron chi connectivity index (χ4n) is 2.99. The van der Waals surface area contributed by atoms with Gasteiger partial charge in [-0.1, -0.05) is 48.5 Å². The van der Waals surface area contributed by atoms with Crippen molar-refractivity contribution in [2.75, 3.05) is 16.8 Å². The zero-order valence-electron chi connectivity index (χ0n) is 16.0. The highest BCUT2D eigenvalue weighted by Crippen LogP contribution is 2.18. The van der Waals surface area contributed by atoms with E-state index in [0.717, 1.165) is 12.2 Å². The SMILES string of the molecule is CC(=O)c1ccc(NC(=O)CCN(Cc2ccccc2)c2ccccc2)cc1. The van der Waals surface area contributed by atoms with Crippen molar-refractivity contribution in [2.45, 2.75) is 19.9 Å². The number of nitrogens with zero attached hydrogens (tertiary/aromatic N) is 1. The summed E-state index contributed by atoms with van der Waals surface area (Å²) in [5, 5.41) is 2.90. The molecule has 0 unspecified atom stereocenters. The zero-order valence-corrected chi connectivity index (χ0v) is 16.0. The molecular weight excluding hydrogens is 348 g/mol. The smallest absolute Gasteiger partial charge is 0.226 e. The highest BCUT2D eigenvalue weighted by molar-refractivity contribution is 5.95. The van der Waals surface area contributed by atoms with Gasteiger partial charge >= 0.3 is 0 Å².